The second-order valence-corrected chi connectivity index (χ2v) is 4.88. The molecule has 2 nitrogen and oxygen atoms in total. The van der Waals surface area contributed by atoms with Crippen molar-refractivity contribution in [3.8, 4) is 0 Å². The first-order chi connectivity index (χ1) is 8.03. The van der Waals surface area contributed by atoms with Crippen LogP contribution in [0.4, 0.5) is 0 Å². The maximum absolute atomic E-state index is 10.7. The Hall–Kier alpha value is -0.860. The Labute approximate surface area is 104 Å². The predicted molar refractivity (Wildman–Crippen MR) is 70.8 cm³/mol. The van der Waals surface area contributed by atoms with Crippen molar-refractivity contribution in [2.45, 2.75) is 51.7 Å². The average Bonchev–Trinajstić information content (AvgIpc) is 2.37. The molecule has 0 radical (unpaired) electrons. The van der Waals surface area contributed by atoms with Crippen molar-refractivity contribution in [3.05, 3.63) is 35.9 Å². The van der Waals surface area contributed by atoms with E-state index >= 15 is 0 Å². The molecule has 0 saturated carbocycles. The number of rotatable bonds is 6. The lowest BCUT2D eigenvalue weighted by molar-refractivity contribution is -0.0668. The van der Waals surface area contributed by atoms with Gasteiger partial charge >= 0.3 is 0 Å². The molecule has 1 aromatic carbocycles. The summed E-state index contributed by atoms with van der Waals surface area (Å²) in [7, 11) is 0. The molecule has 1 rings (SSSR count). The number of aliphatic hydroxyl groups excluding tert-OH is 1. The molecule has 0 aliphatic rings. The van der Waals surface area contributed by atoms with Gasteiger partial charge in [-0.2, -0.15) is 0 Å². The summed E-state index contributed by atoms with van der Waals surface area (Å²) >= 11 is 0. The fourth-order valence-electron chi connectivity index (χ4n) is 2.27. The van der Waals surface area contributed by atoms with Gasteiger partial charge in [0.2, 0.25) is 0 Å². The van der Waals surface area contributed by atoms with Crippen molar-refractivity contribution < 1.29 is 10.2 Å². The van der Waals surface area contributed by atoms with Crippen molar-refractivity contribution in [1.82, 2.24) is 0 Å². The van der Waals surface area contributed by atoms with Crippen LogP contribution in [-0.2, 0) is 6.42 Å². The molecule has 1 aromatic rings. The predicted octanol–water partition coefficient (Wildman–Crippen LogP) is 2.78. The highest BCUT2D eigenvalue weighted by Gasteiger charge is 2.35. The maximum Gasteiger partial charge on any atom is 0.0735 e. The summed E-state index contributed by atoms with van der Waals surface area (Å²) in [5.74, 6) is -0.113. The van der Waals surface area contributed by atoms with E-state index in [0.29, 0.717) is 19.3 Å². The average molecular weight is 236 g/mol. The van der Waals surface area contributed by atoms with E-state index in [0.717, 1.165) is 5.56 Å². The fraction of sp³-hybridized carbons (Fsp3) is 0.600. The van der Waals surface area contributed by atoms with Gasteiger partial charge in [0.05, 0.1) is 11.7 Å². The zero-order valence-corrected chi connectivity index (χ0v) is 11.1. The second kappa shape index (κ2) is 6.18. The SMILES string of the molecule is CC[C@H](O)[C@@H](C)[C@](O)(CC)Cc1ccccc1. The first kappa shape index (κ1) is 14.2. The van der Waals surface area contributed by atoms with E-state index in [2.05, 4.69) is 0 Å². The van der Waals surface area contributed by atoms with Gasteiger partial charge in [-0.15, -0.1) is 0 Å². The molecule has 0 amide bonds. The van der Waals surface area contributed by atoms with Crippen molar-refractivity contribution in [2.75, 3.05) is 0 Å². The molecule has 0 saturated heterocycles. The molecule has 0 aliphatic carbocycles. The van der Waals surface area contributed by atoms with Crippen molar-refractivity contribution in [3.63, 3.8) is 0 Å². The smallest absolute Gasteiger partial charge is 0.0735 e. The van der Waals surface area contributed by atoms with Crippen LogP contribution in [0.25, 0.3) is 0 Å². The molecule has 2 N–H and O–H groups in total. The van der Waals surface area contributed by atoms with Crippen LogP contribution in [0.1, 0.15) is 39.2 Å². The fourth-order valence-corrected chi connectivity index (χ4v) is 2.27. The normalized spacial score (nSPS) is 18.4. The molecule has 0 fully saturated rings. The van der Waals surface area contributed by atoms with Crippen LogP contribution in [0.3, 0.4) is 0 Å². The third-order valence-corrected chi connectivity index (χ3v) is 3.81. The van der Waals surface area contributed by atoms with Gasteiger partial charge in [-0.05, 0) is 18.4 Å². The Morgan fingerprint density at radius 3 is 2.24 bits per heavy atom. The maximum atomic E-state index is 10.7. The third kappa shape index (κ3) is 3.55. The molecule has 2 heteroatoms. The minimum Gasteiger partial charge on any atom is -0.393 e. The van der Waals surface area contributed by atoms with Crippen LogP contribution in [0.15, 0.2) is 30.3 Å². The minimum atomic E-state index is -0.823. The van der Waals surface area contributed by atoms with Crippen LogP contribution in [0.5, 0.6) is 0 Å². The highest BCUT2D eigenvalue weighted by atomic mass is 16.3. The van der Waals surface area contributed by atoms with Crippen LogP contribution in [0, 0.1) is 5.92 Å². The minimum absolute atomic E-state index is 0.113. The van der Waals surface area contributed by atoms with Crippen LogP contribution >= 0.6 is 0 Å². The molecule has 0 unspecified atom stereocenters. The van der Waals surface area contributed by atoms with E-state index in [4.69, 9.17) is 0 Å². The van der Waals surface area contributed by atoms with Crippen molar-refractivity contribution >= 4 is 0 Å². The van der Waals surface area contributed by atoms with Crippen molar-refractivity contribution in [2.24, 2.45) is 5.92 Å². The number of benzene rings is 1. The first-order valence-corrected chi connectivity index (χ1v) is 6.47. The monoisotopic (exact) mass is 236 g/mol. The topological polar surface area (TPSA) is 40.5 Å². The Kier molecular flexibility index (Phi) is 5.16. The second-order valence-electron chi connectivity index (χ2n) is 4.88. The molecule has 0 aromatic heterocycles. The highest BCUT2D eigenvalue weighted by Crippen LogP contribution is 2.29. The summed E-state index contributed by atoms with van der Waals surface area (Å²) in [6, 6.07) is 9.97. The van der Waals surface area contributed by atoms with Crippen LogP contribution < -0.4 is 0 Å². The summed E-state index contributed by atoms with van der Waals surface area (Å²) in [5, 5.41) is 20.6. The molecule has 0 bridgehead atoms. The molecule has 0 heterocycles. The Morgan fingerprint density at radius 2 is 1.76 bits per heavy atom. The Bertz CT molecular complexity index is 323. The molecule has 17 heavy (non-hydrogen) atoms. The van der Waals surface area contributed by atoms with E-state index in [1.807, 2.05) is 51.1 Å². The zero-order chi connectivity index (χ0) is 12.9. The van der Waals surface area contributed by atoms with Gasteiger partial charge in [0.1, 0.15) is 0 Å². The van der Waals surface area contributed by atoms with Gasteiger partial charge in [0.15, 0.2) is 0 Å². The van der Waals surface area contributed by atoms with Crippen LogP contribution in [0.2, 0.25) is 0 Å². The van der Waals surface area contributed by atoms with Gasteiger partial charge in [-0.1, -0.05) is 51.1 Å². The third-order valence-electron chi connectivity index (χ3n) is 3.81. The summed E-state index contributed by atoms with van der Waals surface area (Å²) in [6.07, 6.45) is 1.49. The highest BCUT2D eigenvalue weighted by molar-refractivity contribution is 5.17. The first-order valence-electron chi connectivity index (χ1n) is 6.47. The molecule has 0 aliphatic heterocycles. The van der Waals surface area contributed by atoms with Crippen LogP contribution in [-0.4, -0.2) is 21.9 Å². The lowest BCUT2D eigenvalue weighted by Crippen LogP contribution is -2.43. The van der Waals surface area contributed by atoms with E-state index in [9.17, 15) is 10.2 Å². The standard InChI is InChI=1S/C15H24O2/c1-4-14(16)12(3)15(17,5-2)11-13-9-7-6-8-10-13/h6-10,12,14,16-17H,4-5,11H2,1-3H3/t12-,14+,15+/m1/s1. The van der Waals surface area contributed by atoms with E-state index in [1.54, 1.807) is 0 Å². The van der Waals surface area contributed by atoms with Gasteiger partial charge in [0.25, 0.3) is 0 Å². The number of hydrogen-bond acceptors (Lipinski definition) is 2. The summed E-state index contributed by atoms with van der Waals surface area (Å²) in [4.78, 5) is 0. The lowest BCUT2D eigenvalue weighted by atomic mass is 9.77. The molecule has 96 valence electrons. The number of aliphatic hydroxyl groups is 2. The summed E-state index contributed by atoms with van der Waals surface area (Å²) in [6.45, 7) is 5.85. The summed E-state index contributed by atoms with van der Waals surface area (Å²) in [5.41, 5.74) is 0.295. The Balaban J connectivity index is 2.82. The number of hydrogen-bond donors (Lipinski definition) is 2. The molecule has 0 spiro atoms. The quantitative estimate of drug-likeness (QED) is 0.797. The Morgan fingerprint density at radius 1 is 1.18 bits per heavy atom. The molecule has 3 atom stereocenters. The lowest BCUT2D eigenvalue weighted by Gasteiger charge is -2.36. The van der Waals surface area contributed by atoms with Gasteiger partial charge in [0, 0.05) is 12.3 Å². The molecular formula is C15H24O2. The van der Waals surface area contributed by atoms with Gasteiger partial charge in [-0.25, -0.2) is 0 Å². The summed E-state index contributed by atoms with van der Waals surface area (Å²) < 4.78 is 0. The van der Waals surface area contributed by atoms with E-state index in [-0.39, 0.29) is 5.92 Å². The molecular weight excluding hydrogens is 212 g/mol. The zero-order valence-electron chi connectivity index (χ0n) is 11.1. The van der Waals surface area contributed by atoms with Gasteiger partial charge in [-0.3, -0.25) is 0 Å². The van der Waals surface area contributed by atoms with E-state index < -0.39 is 11.7 Å². The largest absolute Gasteiger partial charge is 0.393 e. The van der Waals surface area contributed by atoms with E-state index in [1.165, 1.54) is 0 Å². The van der Waals surface area contributed by atoms with Crippen molar-refractivity contribution in [1.29, 1.82) is 0 Å². The van der Waals surface area contributed by atoms with Gasteiger partial charge < -0.3 is 10.2 Å².